The highest BCUT2D eigenvalue weighted by Crippen LogP contribution is 2.24. The van der Waals surface area contributed by atoms with Crippen molar-refractivity contribution in [2.24, 2.45) is 5.16 Å². The van der Waals surface area contributed by atoms with Crippen molar-refractivity contribution in [1.82, 2.24) is 0 Å². The second-order valence-electron chi connectivity index (χ2n) is 3.53. The average molecular weight is 264 g/mol. The Morgan fingerprint density at radius 3 is 2.94 bits per heavy atom. The molecule has 92 valence electrons. The Kier molecular flexibility index (Phi) is 3.79. The van der Waals surface area contributed by atoms with Crippen LogP contribution in [0, 0.1) is 0 Å². The number of carbonyl (C=O) groups is 1. The summed E-state index contributed by atoms with van der Waals surface area (Å²) in [6.07, 6.45) is 1.33. The molecule has 0 unspecified atom stereocenters. The number of carbonyl (C=O) groups excluding carboxylic acids is 1. The minimum atomic E-state index is -0.479. The molecule has 1 heterocycles. The van der Waals surface area contributed by atoms with E-state index in [1.54, 1.807) is 24.3 Å². The molecule has 1 aromatic carbocycles. The third-order valence-corrected chi connectivity index (χ3v) is 2.33. The van der Waals surface area contributed by atoms with Crippen molar-refractivity contribution in [3.05, 3.63) is 47.2 Å². The molecule has 0 aliphatic carbocycles. The van der Waals surface area contributed by atoms with Crippen molar-refractivity contribution in [2.75, 3.05) is 0 Å². The maximum Gasteiger partial charge on any atom is 0.331 e. The average Bonchev–Trinajstić information content (AvgIpc) is 2.77. The van der Waals surface area contributed by atoms with E-state index in [1.165, 1.54) is 13.1 Å². The first-order valence-corrected chi connectivity index (χ1v) is 5.59. The van der Waals surface area contributed by atoms with Crippen LogP contribution in [0.15, 0.2) is 46.0 Å². The van der Waals surface area contributed by atoms with Crippen molar-refractivity contribution >= 4 is 23.8 Å². The third kappa shape index (κ3) is 3.21. The molecular formula is C13H10ClNO3. The Labute approximate surface area is 109 Å². The topological polar surface area (TPSA) is 51.8 Å². The molecule has 2 aromatic rings. The van der Waals surface area contributed by atoms with Gasteiger partial charge in [-0.15, -0.1) is 0 Å². The van der Waals surface area contributed by atoms with Gasteiger partial charge in [-0.1, -0.05) is 28.9 Å². The van der Waals surface area contributed by atoms with Crippen LogP contribution in [0.3, 0.4) is 0 Å². The van der Waals surface area contributed by atoms with Gasteiger partial charge in [0.15, 0.2) is 0 Å². The molecule has 0 bridgehead atoms. The summed E-state index contributed by atoms with van der Waals surface area (Å²) >= 11 is 5.89. The zero-order chi connectivity index (χ0) is 13.0. The monoisotopic (exact) mass is 263 g/mol. The summed E-state index contributed by atoms with van der Waals surface area (Å²) < 4.78 is 5.51. The Morgan fingerprint density at radius 2 is 2.22 bits per heavy atom. The van der Waals surface area contributed by atoms with Crippen molar-refractivity contribution in [3.63, 3.8) is 0 Å². The summed E-state index contributed by atoms with van der Waals surface area (Å²) in [6, 6.07) is 10.8. The Hall–Kier alpha value is -2.07. The van der Waals surface area contributed by atoms with E-state index >= 15 is 0 Å². The van der Waals surface area contributed by atoms with E-state index in [2.05, 4.69) is 9.99 Å². The minimum Gasteiger partial charge on any atom is -0.455 e. The van der Waals surface area contributed by atoms with Crippen LogP contribution in [0.5, 0.6) is 0 Å². The molecule has 0 fully saturated rings. The molecule has 5 heteroatoms. The smallest absolute Gasteiger partial charge is 0.331 e. The van der Waals surface area contributed by atoms with Crippen molar-refractivity contribution < 1.29 is 14.0 Å². The SMILES string of the molecule is CC(=O)O/N=C\c1ccc(-c2cccc(Cl)c2)o1. The number of nitrogens with zero attached hydrogens (tertiary/aromatic N) is 1. The van der Waals surface area contributed by atoms with Crippen LogP contribution in [0.25, 0.3) is 11.3 Å². The number of rotatable bonds is 3. The predicted octanol–water partition coefficient (Wildman–Crippen LogP) is 3.50. The molecule has 0 saturated heterocycles. The Morgan fingerprint density at radius 1 is 1.39 bits per heavy atom. The van der Waals surface area contributed by atoms with E-state index in [0.29, 0.717) is 16.5 Å². The van der Waals surface area contributed by atoms with Crippen LogP contribution >= 0.6 is 11.6 Å². The lowest BCUT2D eigenvalue weighted by Crippen LogP contribution is -1.90. The molecule has 1 aromatic heterocycles. The van der Waals surface area contributed by atoms with Crippen LogP contribution in [-0.2, 0) is 9.63 Å². The van der Waals surface area contributed by atoms with Gasteiger partial charge in [-0.05, 0) is 24.3 Å². The zero-order valence-corrected chi connectivity index (χ0v) is 10.3. The van der Waals surface area contributed by atoms with Crippen LogP contribution < -0.4 is 0 Å². The van der Waals surface area contributed by atoms with Gasteiger partial charge < -0.3 is 9.25 Å². The number of furan rings is 1. The van der Waals surface area contributed by atoms with Crippen LogP contribution in [0.2, 0.25) is 5.02 Å². The van der Waals surface area contributed by atoms with Gasteiger partial charge in [0, 0.05) is 17.5 Å². The highest BCUT2D eigenvalue weighted by atomic mass is 35.5. The number of hydrogen-bond acceptors (Lipinski definition) is 4. The summed E-state index contributed by atoms with van der Waals surface area (Å²) in [7, 11) is 0. The van der Waals surface area contributed by atoms with Crippen molar-refractivity contribution in [1.29, 1.82) is 0 Å². The van der Waals surface area contributed by atoms with Gasteiger partial charge in [0.1, 0.15) is 17.7 Å². The first-order chi connectivity index (χ1) is 8.65. The number of benzene rings is 1. The van der Waals surface area contributed by atoms with E-state index in [-0.39, 0.29) is 0 Å². The van der Waals surface area contributed by atoms with E-state index < -0.39 is 5.97 Å². The molecule has 2 rings (SSSR count). The lowest BCUT2D eigenvalue weighted by atomic mass is 10.2. The van der Waals surface area contributed by atoms with E-state index in [1.807, 2.05) is 12.1 Å². The maximum absolute atomic E-state index is 10.5. The van der Waals surface area contributed by atoms with Gasteiger partial charge in [-0.25, -0.2) is 4.79 Å². The first-order valence-electron chi connectivity index (χ1n) is 5.22. The molecular weight excluding hydrogens is 254 g/mol. The molecule has 0 atom stereocenters. The fraction of sp³-hybridized carbons (Fsp3) is 0.0769. The van der Waals surface area contributed by atoms with Gasteiger partial charge in [-0.2, -0.15) is 0 Å². The van der Waals surface area contributed by atoms with Gasteiger partial charge in [0.05, 0.1) is 0 Å². The number of oxime groups is 1. The highest BCUT2D eigenvalue weighted by Gasteiger charge is 2.04. The summed E-state index contributed by atoms with van der Waals surface area (Å²) in [5, 5.41) is 4.11. The van der Waals surface area contributed by atoms with Crippen molar-refractivity contribution in [2.45, 2.75) is 6.92 Å². The third-order valence-electron chi connectivity index (χ3n) is 2.10. The second kappa shape index (κ2) is 5.51. The maximum atomic E-state index is 10.5. The summed E-state index contributed by atoms with van der Waals surface area (Å²) in [5.74, 6) is 0.681. The fourth-order valence-electron chi connectivity index (χ4n) is 1.37. The molecule has 0 N–H and O–H groups in total. The quantitative estimate of drug-likeness (QED) is 0.484. The molecule has 18 heavy (non-hydrogen) atoms. The van der Waals surface area contributed by atoms with Crippen molar-refractivity contribution in [3.8, 4) is 11.3 Å². The van der Waals surface area contributed by atoms with Crippen LogP contribution in [0.1, 0.15) is 12.7 Å². The standard InChI is InChI=1S/C13H10ClNO3/c1-9(16)18-15-8-12-5-6-13(17-12)10-3-2-4-11(14)7-10/h2-8H,1H3/b15-8-. The minimum absolute atomic E-state index is 0.479. The van der Waals surface area contributed by atoms with Crippen LogP contribution in [-0.4, -0.2) is 12.2 Å². The summed E-state index contributed by atoms with van der Waals surface area (Å²) in [5.41, 5.74) is 0.870. The number of hydrogen-bond donors (Lipinski definition) is 0. The molecule has 4 nitrogen and oxygen atoms in total. The van der Waals surface area contributed by atoms with E-state index in [9.17, 15) is 4.79 Å². The van der Waals surface area contributed by atoms with Crippen LogP contribution in [0.4, 0.5) is 0 Å². The lowest BCUT2D eigenvalue weighted by molar-refractivity contribution is -0.140. The lowest BCUT2D eigenvalue weighted by Gasteiger charge is -1.96. The molecule has 0 radical (unpaired) electrons. The largest absolute Gasteiger partial charge is 0.455 e. The second-order valence-corrected chi connectivity index (χ2v) is 3.97. The normalized spacial score (nSPS) is 10.8. The molecule has 0 saturated carbocycles. The van der Waals surface area contributed by atoms with Gasteiger partial charge in [-0.3, -0.25) is 0 Å². The number of halogens is 1. The van der Waals surface area contributed by atoms with Gasteiger partial charge >= 0.3 is 5.97 Å². The molecule has 0 amide bonds. The predicted molar refractivity (Wildman–Crippen MR) is 68.5 cm³/mol. The summed E-state index contributed by atoms with van der Waals surface area (Å²) in [4.78, 5) is 14.9. The Balaban J connectivity index is 2.15. The fourth-order valence-corrected chi connectivity index (χ4v) is 1.56. The Bertz CT molecular complexity index is 589. The molecule has 0 aliphatic heterocycles. The molecule has 0 aliphatic rings. The zero-order valence-electron chi connectivity index (χ0n) is 9.59. The summed E-state index contributed by atoms with van der Waals surface area (Å²) in [6.45, 7) is 1.27. The van der Waals surface area contributed by atoms with Gasteiger partial charge in [0.2, 0.25) is 0 Å². The highest BCUT2D eigenvalue weighted by molar-refractivity contribution is 6.30. The van der Waals surface area contributed by atoms with E-state index in [0.717, 1.165) is 5.56 Å². The van der Waals surface area contributed by atoms with Gasteiger partial charge in [0.25, 0.3) is 0 Å². The van der Waals surface area contributed by atoms with E-state index in [4.69, 9.17) is 16.0 Å². The molecule has 0 spiro atoms. The first kappa shape index (κ1) is 12.4.